The van der Waals surface area contributed by atoms with Gasteiger partial charge in [-0.2, -0.15) is 0 Å². The predicted molar refractivity (Wildman–Crippen MR) is 116 cm³/mol. The van der Waals surface area contributed by atoms with E-state index in [1.165, 1.54) is 23.5 Å². The largest absolute Gasteiger partial charge is 0.503 e. The average Bonchev–Trinajstić information content (AvgIpc) is 3.56. The van der Waals surface area contributed by atoms with Crippen molar-refractivity contribution in [2.75, 3.05) is 6.61 Å². The number of furan rings is 2. The van der Waals surface area contributed by atoms with Crippen LogP contribution in [-0.2, 0) is 11.3 Å². The van der Waals surface area contributed by atoms with Crippen molar-refractivity contribution in [3.05, 3.63) is 89.5 Å². The van der Waals surface area contributed by atoms with Crippen LogP contribution in [0.5, 0.6) is 5.75 Å². The normalized spacial score (nSPS) is 16.1. The zero-order chi connectivity index (χ0) is 22.5. The van der Waals surface area contributed by atoms with Crippen LogP contribution in [0, 0.1) is 0 Å². The molecule has 0 saturated heterocycles. The molecule has 1 aliphatic rings. The Balaban J connectivity index is 1.70. The third kappa shape index (κ3) is 4.32. The highest BCUT2D eigenvalue weighted by molar-refractivity contribution is 6.14. The maximum atomic E-state index is 13.2. The number of carbonyl (C=O) groups is 2. The first-order valence-electron chi connectivity index (χ1n) is 10.7. The fourth-order valence-electron chi connectivity index (χ4n) is 3.82. The van der Waals surface area contributed by atoms with Crippen molar-refractivity contribution in [3.8, 4) is 5.75 Å². The minimum atomic E-state index is -0.815. The second-order valence-electron chi connectivity index (χ2n) is 7.61. The Kier molecular flexibility index (Phi) is 6.44. The molecule has 0 radical (unpaired) electrons. The molecule has 7 heteroatoms. The summed E-state index contributed by atoms with van der Waals surface area (Å²) in [5.41, 5.74) is 0.622. The molecule has 2 aromatic heterocycles. The summed E-state index contributed by atoms with van der Waals surface area (Å²) in [4.78, 5) is 27.6. The van der Waals surface area contributed by atoms with Crippen LogP contribution in [0.15, 0.2) is 81.2 Å². The van der Waals surface area contributed by atoms with E-state index in [0.29, 0.717) is 23.7 Å². The molecule has 7 nitrogen and oxygen atoms in total. The van der Waals surface area contributed by atoms with E-state index < -0.39 is 23.5 Å². The molecule has 0 aliphatic carbocycles. The van der Waals surface area contributed by atoms with Crippen LogP contribution in [0.3, 0.4) is 0 Å². The average molecular weight is 435 g/mol. The zero-order valence-corrected chi connectivity index (χ0v) is 17.8. The molecule has 1 N–H and O–H groups in total. The number of rotatable bonds is 10. The van der Waals surface area contributed by atoms with Crippen LogP contribution in [0.25, 0.3) is 0 Å². The van der Waals surface area contributed by atoms with Crippen LogP contribution in [-0.4, -0.2) is 28.3 Å². The number of Topliss-reactive ketones (excluding diaryl/α,β-unsaturated/α-hetero) is 1. The molecule has 32 heavy (non-hydrogen) atoms. The second-order valence-corrected chi connectivity index (χ2v) is 7.61. The van der Waals surface area contributed by atoms with E-state index in [9.17, 15) is 14.7 Å². The van der Waals surface area contributed by atoms with E-state index in [1.54, 1.807) is 30.3 Å². The van der Waals surface area contributed by atoms with Crippen LogP contribution in [0.2, 0.25) is 0 Å². The summed E-state index contributed by atoms with van der Waals surface area (Å²) in [6, 6.07) is 13.0. The molecule has 166 valence electrons. The highest BCUT2D eigenvalue weighted by Crippen LogP contribution is 2.40. The number of unbranched alkanes of at least 4 members (excludes halogenated alkanes) is 2. The standard InChI is InChI=1S/C25H25NO6/c1-2-3-4-12-30-18-9-5-8-17(15-18)22-21(23(27)20-11-7-14-32-20)24(28)25(29)26(22)16-19-10-6-13-31-19/h5-11,13-15,22,28H,2-4,12,16H2,1H3. The number of carbonyl (C=O) groups excluding carboxylic acids is 2. The molecular weight excluding hydrogens is 410 g/mol. The summed E-state index contributed by atoms with van der Waals surface area (Å²) in [6.45, 7) is 2.80. The minimum Gasteiger partial charge on any atom is -0.503 e. The molecule has 3 aromatic rings. The van der Waals surface area contributed by atoms with Crippen LogP contribution in [0.1, 0.15) is 54.1 Å². The van der Waals surface area contributed by atoms with Gasteiger partial charge in [0.05, 0.1) is 37.3 Å². The van der Waals surface area contributed by atoms with Gasteiger partial charge in [-0.3, -0.25) is 9.59 Å². The Labute approximate surface area is 185 Å². The van der Waals surface area contributed by atoms with Gasteiger partial charge in [-0.1, -0.05) is 31.9 Å². The van der Waals surface area contributed by atoms with Crippen molar-refractivity contribution >= 4 is 11.7 Å². The zero-order valence-electron chi connectivity index (χ0n) is 17.8. The molecule has 0 spiro atoms. The molecule has 0 saturated carbocycles. The highest BCUT2D eigenvalue weighted by Gasteiger charge is 2.44. The first-order valence-corrected chi connectivity index (χ1v) is 10.7. The lowest BCUT2D eigenvalue weighted by molar-refractivity contribution is -0.130. The molecule has 1 aromatic carbocycles. The van der Waals surface area contributed by atoms with E-state index in [0.717, 1.165) is 19.3 Å². The number of aliphatic hydroxyl groups is 1. The van der Waals surface area contributed by atoms with Crippen molar-refractivity contribution < 1.29 is 28.3 Å². The van der Waals surface area contributed by atoms with Crippen LogP contribution < -0.4 is 4.74 Å². The number of nitrogens with zero attached hydrogens (tertiary/aromatic N) is 1. The summed E-state index contributed by atoms with van der Waals surface area (Å²) in [5.74, 6) is -0.541. The van der Waals surface area contributed by atoms with Crippen LogP contribution >= 0.6 is 0 Å². The van der Waals surface area contributed by atoms with Gasteiger partial charge in [-0.15, -0.1) is 0 Å². The summed E-state index contributed by atoms with van der Waals surface area (Å²) in [7, 11) is 0. The molecule has 1 atom stereocenters. The topological polar surface area (TPSA) is 93.1 Å². The third-order valence-electron chi connectivity index (χ3n) is 5.39. The summed E-state index contributed by atoms with van der Waals surface area (Å²) in [6.07, 6.45) is 6.00. The molecule has 3 heterocycles. The summed E-state index contributed by atoms with van der Waals surface area (Å²) >= 11 is 0. The van der Waals surface area contributed by atoms with E-state index >= 15 is 0 Å². The summed E-state index contributed by atoms with van der Waals surface area (Å²) < 4.78 is 16.5. The maximum absolute atomic E-state index is 13.2. The van der Waals surface area contributed by atoms with E-state index in [2.05, 4.69) is 6.92 Å². The molecule has 1 amide bonds. The smallest absolute Gasteiger partial charge is 0.290 e. The third-order valence-corrected chi connectivity index (χ3v) is 5.39. The van der Waals surface area contributed by atoms with Gasteiger partial charge in [0.25, 0.3) is 5.91 Å². The van der Waals surface area contributed by atoms with Crippen molar-refractivity contribution in [2.24, 2.45) is 0 Å². The fourth-order valence-corrected chi connectivity index (χ4v) is 3.82. The molecule has 4 rings (SSSR count). The number of ether oxygens (including phenoxy) is 1. The SMILES string of the molecule is CCCCCOc1cccc(C2C(C(=O)c3ccco3)=C(O)C(=O)N2Cc2ccco2)c1. The predicted octanol–water partition coefficient (Wildman–Crippen LogP) is 5.22. The lowest BCUT2D eigenvalue weighted by Crippen LogP contribution is -2.30. The van der Waals surface area contributed by atoms with Crippen LogP contribution in [0.4, 0.5) is 0 Å². The fraction of sp³-hybridized carbons (Fsp3) is 0.280. The molecule has 0 fully saturated rings. The Morgan fingerprint density at radius 1 is 1.09 bits per heavy atom. The Morgan fingerprint density at radius 3 is 2.62 bits per heavy atom. The number of ketones is 1. The molecular formula is C25H25NO6. The Bertz CT molecular complexity index is 1100. The van der Waals surface area contributed by atoms with Crippen molar-refractivity contribution in [1.29, 1.82) is 0 Å². The van der Waals surface area contributed by atoms with E-state index in [1.807, 2.05) is 12.1 Å². The lowest BCUT2D eigenvalue weighted by atomic mass is 9.95. The highest BCUT2D eigenvalue weighted by atomic mass is 16.5. The Hall–Kier alpha value is -3.74. The monoisotopic (exact) mass is 435 g/mol. The quantitative estimate of drug-likeness (QED) is 0.347. The van der Waals surface area contributed by atoms with Gasteiger partial charge in [0, 0.05) is 0 Å². The van der Waals surface area contributed by atoms with Crippen molar-refractivity contribution in [3.63, 3.8) is 0 Å². The van der Waals surface area contributed by atoms with E-state index in [4.69, 9.17) is 13.6 Å². The lowest BCUT2D eigenvalue weighted by Gasteiger charge is -2.26. The van der Waals surface area contributed by atoms with Gasteiger partial charge in [0.1, 0.15) is 11.5 Å². The van der Waals surface area contributed by atoms with Crippen molar-refractivity contribution in [1.82, 2.24) is 4.90 Å². The Morgan fingerprint density at radius 2 is 1.91 bits per heavy atom. The molecule has 0 bridgehead atoms. The molecule has 1 aliphatic heterocycles. The number of amides is 1. The molecule has 1 unspecified atom stereocenters. The first kappa shape index (κ1) is 21.5. The summed E-state index contributed by atoms with van der Waals surface area (Å²) in [5, 5.41) is 10.7. The van der Waals surface area contributed by atoms with Gasteiger partial charge < -0.3 is 23.6 Å². The number of hydrogen-bond acceptors (Lipinski definition) is 6. The van der Waals surface area contributed by atoms with Gasteiger partial charge in [0.15, 0.2) is 11.5 Å². The number of benzene rings is 1. The van der Waals surface area contributed by atoms with Gasteiger partial charge in [0.2, 0.25) is 5.78 Å². The van der Waals surface area contributed by atoms with Gasteiger partial charge in [-0.05, 0) is 48.4 Å². The minimum absolute atomic E-state index is 0.0281. The van der Waals surface area contributed by atoms with Gasteiger partial charge >= 0.3 is 0 Å². The van der Waals surface area contributed by atoms with Gasteiger partial charge in [-0.25, -0.2) is 0 Å². The number of hydrogen-bond donors (Lipinski definition) is 1. The first-order chi connectivity index (χ1) is 15.6. The number of aliphatic hydroxyl groups excluding tert-OH is 1. The second kappa shape index (κ2) is 9.60. The van der Waals surface area contributed by atoms with Crippen molar-refractivity contribution in [2.45, 2.75) is 38.8 Å². The maximum Gasteiger partial charge on any atom is 0.290 e. The van der Waals surface area contributed by atoms with E-state index in [-0.39, 0.29) is 17.9 Å².